The Balaban J connectivity index is 1.64. The number of rotatable bonds is 11. The molecule has 0 fully saturated rings. The molecule has 4 N–H and O–H groups in total. The first-order chi connectivity index (χ1) is 21.1. The normalized spacial score (nSPS) is 10.4. The van der Waals surface area contributed by atoms with Gasteiger partial charge in [-0.1, -0.05) is 12.1 Å². The topological polar surface area (TPSA) is 170 Å². The van der Waals surface area contributed by atoms with Crippen molar-refractivity contribution >= 4 is 35.1 Å². The highest BCUT2D eigenvalue weighted by molar-refractivity contribution is 6.10. The molecule has 2 amide bonds. The molecule has 0 aliphatic heterocycles. The first kappa shape index (κ1) is 30.9. The minimum atomic E-state index is -1.32. The Kier molecular flexibility index (Phi) is 9.34. The molecule has 0 saturated heterocycles. The SMILES string of the molecule is COc1cc(OC)cc(C(=O)Nc2ccc(-c3ccc(NC(=O)c4cc(OC)cc(OC)c4)c(C(=O)O)c3)cc2C(=O)O)c1. The second-order valence-corrected chi connectivity index (χ2v) is 9.24. The molecule has 12 heteroatoms. The van der Waals surface area contributed by atoms with E-state index in [4.69, 9.17) is 18.9 Å². The highest BCUT2D eigenvalue weighted by Crippen LogP contribution is 2.31. The zero-order valence-corrected chi connectivity index (χ0v) is 24.1. The third-order valence-corrected chi connectivity index (χ3v) is 6.56. The van der Waals surface area contributed by atoms with E-state index in [0.717, 1.165) is 0 Å². The van der Waals surface area contributed by atoms with E-state index >= 15 is 0 Å². The zero-order valence-electron chi connectivity index (χ0n) is 24.1. The molecular weight excluding hydrogens is 572 g/mol. The van der Waals surface area contributed by atoms with Crippen LogP contribution < -0.4 is 29.6 Å². The molecule has 44 heavy (non-hydrogen) atoms. The number of carbonyl (C=O) groups excluding carboxylic acids is 2. The Labute approximate surface area is 251 Å². The van der Waals surface area contributed by atoms with Gasteiger partial charge in [-0.25, -0.2) is 9.59 Å². The van der Waals surface area contributed by atoms with Gasteiger partial charge in [-0.15, -0.1) is 0 Å². The maximum Gasteiger partial charge on any atom is 0.337 e. The van der Waals surface area contributed by atoms with Crippen LogP contribution in [0.2, 0.25) is 0 Å². The predicted octanol–water partition coefficient (Wildman–Crippen LogP) is 5.29. The van der Waals surface area contributed by atoms with Crippen LogP contribution in [0.15, 0.2) is 72.8 Å². The van der Waals surface area contributed by atoms with E-state index in [0.29, 0.717) is 34.1 Å². The van der Waals surface area contributed by atoms with Gasteiger partial charge in [-0.05, 0) is 59.7 Å². The van der Waals surface area contributed by atoms with E-state index in [-0.39, 0.29) is 33.6 Å². The highest BCUT2D eigenvalue weighted by atomic mass is 16.5. The lowest BCUT2D eigenvalue weighted by Gasteiger charge is -2.14. The number of aromatic carboxylic acids is 2. The van der Waals surface area contributed by atoms with E-state index in [1.54, 1.807) is 12.1 Å². The lowest BCUT2D eigenvalue weighted by atomic mass is 9.98. The maximum atomic E-state index is 13.0. The van der Waals surface area contributed by atoms with Crippen LogP contribution in [0, 0.1) is 0 Å². The van der Waals surface area contributed by atoms with Crippen molar-refractivity contribution in [3.63, 3.8) is 0 Å². The lowest BCUT2D eigenvalue weighted by Crippen LogP contribution is -2.15. The number of hydrogen-bond acceptors (Lipinski definition) is 8. The smallest absolute Gasteiger partial charge is 0.337 e. The molecule has 0 spiro atoms. The Morgan fingerprint density at radius 3 is 1.09 bits per heavy atom. The molecule has 12 nitrogen and oxygen atoms in total. The number of hydrogen-bond donors (Lipinski definition) is 4. The summed E-state index contributed by atoms with van der Waals surface area (Å²) in [6.07, 6.45) is 0. The summed E-state index contributed by atoms with van der Waals surface area (Å²) in [4.78, 5) is 50.2. The van der Waals surface area contributed by atoms with E-state index in [1.807, 2.05) is 0 Å². The summed E-state index contributed by atoms with van der Waals surface area (Å²) in [5.74, 6) is -2.33. The number of nitrogens with one attached hydrogen (secondary N) is 2. The van der Waals surface area contributed by atoms with E-state index in [9.17, 15) is 29.4 Å². The third-order valence-electron chi connectivity index (χ3n) is 6.56. The molecule has 4 rings (SSSR count). The average Bonchev–Trinajstić information content (AvgIpc) is 3.04. The van der Waals surface area contributed by atoms with Crippen LogP contribution in [0.5, 0.6) is 23.0 Å². The van der Waals surface area contributed by atoms with Crippen LogP contribution >= 0.6 is 0 Å². The first-order valence-electron chi connectivity index (χ1n) is 12.9. The molecule has 0 aliphatic rings. The maximum absolute atomic E-state index is 13.0. The van der Waals surface area contributed by atoms with Gasteiger partial charge in [0, 0.05) is 23.3 Å². The van der Waals surface area contributed by atoms with Crippen molar-refractivity contribution in [3.05, 3.63) is 95.1 Å². The average molecular weight is 601 g/mol. The highest BCUT2D eigenvalue weighted by Gasteiger charge is 2.19. The summed E-state index contributed by atoms with van der Waals surface area (Å²) in [7, 11) is 5.75. The van der Waals surface area contributed by atoms with Crippen molar-refractivity contribution in [2.75, 3.05) is 39.1 Å². The van der Waals surface area contributed by atoms with E-state index < -0.39 is 23.8 Å². The minimum Gasteiger partial charge on any atom is -0.497 e. The summed E-state index contributed by atoms with van der Waals surface area (Å²) in [6, 6.07) is 17.6. The summed E-state index contributed by atoms with van der Waals surface area (Å²) in [5, 5.41) is 25.0. The number of amides is 2. The van der Waals surface area contributed by atoms with Gasteiger partial charge >= 0.3 is 11.9 Å². The van der Waals surface area contributed by atoms with Gasteiger partial charge < -0.3 is 39.8 Å². The molecule has 4 aromatic rings. The number of benzene rings is 4. The van der Waals surface area contributed by atoms with Crippen molar-refractivity contribution in [1.82, 2.24) is 0 Å². The second kappa shape index (κ2) is 13.3. The number of carboxylic acids is 2. The summed E-state index contributed by atoms with van der Waals surface area (Å²) in [5.41, 5.74) is 0.658. The number of anilines is 2. The lowest BCUT2D eigenvalue weighted by molar-refractivity contribution is 0.0686. The van der Waals surface area contributed by atoms with Gasteiger partial charge in [0.2, 0.25) is 0 Å². The van der Waals surface area contributed by atoms with E-state index in [1.165, 1.54) is 89.1 Å². The van der Waals surface area contributed by atoms with Crippen LogP contribution in [0.4, 0.5) is 11.4 Å². The van der Waals surface area contributed by atoms with Gasteiger partial charge in [-0.2, -0.15) is 0 Å². The number of methoxy groups -OCH3 is 4. The van der Waals surface area contributed by atoms with Crippen LogP contribution in [0.25, 0.3) is 11.1 Å². The van der Waals surface area contributed by atoms with Crippen molar-refractivity contribution < 1.29 is 48.3 Å². The molecule has 0 atom stereocenters. The fourth-order valence-corrected chi connectivity index (χ4v) is 4.29. The molecular formula is C32H28N2O10. The zero-order chi connectivity index (χ0) is 32.0. The van der Waals surface area contributed by atoms with Crippen LogP contribution in [-0.2, 0) is 0 Å². The molecule has 0 unspecified atom stereocenters. The fraction of sp³-hybridized carbons (Fsp3) is 0.125. The Bertz CT molecular complexity index is 1590. The molecule has 0 bridgehead atoms. The Morgan fingerprint density at radius 2 is 0.818 bits per heavy atom. The van der Waals surface area contributed by atoms with Gasteiger partial charge in [0.1, 0.15) is 23.0 Å². The fourth-order valence-electron chi connectivity index (χ4n) is 4.29. The molecule has 0 aliphatic carbocycles. The third kappa shape index (κ3) is 6.87. The number of ether oxygens (including phenoxy) is 4. The summed E-state index contributed by atoms with van der Waals surface area (Å²) < 4.78 is 20.8. The summed E-state index contributed by atoms with van der Waals surface area (Å²) in [6.45, 7) is 0. The van der Waals surface area contributed by atoms with E-state index in [2.05, 4.69) is 10.6 Å². The van der Waals surface area contributed by atoms with Crippen molar-refractivity contribution in [2.24, 2.45) is 0 Å². The van der Waals surface area contributed by atoms with Crippen LogP contribution in [-0.4, -0.2) is 62.4 Å². The minimum absolute atomic E-state index is 0.0177. The molecule has 0 aromatic heterocycles. The molecule has 4 aromatic carbocycles. The predicted molar refractivity (Wildman–Crippen MR) is 161 cm³/mol. The Hall–Kier alpha value is -6.04. The van der Waals surface area contributed by atoms with Crippen molar-refractivity contribution in [3.8, 4) is 34.1 Å². The second-order valence-electron chi connectivity index (χ2n) is 9.24. The molecule has 0 radical (unpaired) electrons. The molecule has 226 valence electrons. The first-order valence-corrected chi connectivity index (χ1v) is 12.9. The van der Waals surface area contributed by atoms with Gasteiger partial charge in [0.15, 0.2) is 0 Å². The standard InChI is InChI=1S/C32H28N2O10/c1-41-21-9-19(10-22(15-21)42-2)29(35)33-27-7-5-17(13-25(27)31(37)38)18-6-8-28(26(14-18)32(39)40)34-30(36)20-11-23(43-3)16-24(12-20)44-4/h5-16H,1-4H3,(H,33,35)(H,34,36)(H,37,38)(H,39,40). The molecule has 0 saturated carbocycles. The Morgan fingerprint density at radius 1 is 0.500 bits per heavy atom. The molecule has 0 heterocycles. The van der Waals surface area contributed by atoms with Crippen molar-refractivity contribution in [2.45, 2.75) is 0 Å². The van der Waals surface area contributed by atoms with Crippen molar-refractivity contribution in [1.29, 1.82) is 0 Å². The van der Waals surface area contributed by atoms with Gasteiger partial charge in [-0.3, -0.25) is 9.59 Å². The van der Waals surface area contributed by atoms with Crippen LogP contribution in [0.1, 0.15) is 41.4 Å². The number of carbonyl (C=O) groups is 4. The largest absolute Gasteiger partial charge is 0.497 e. The van der Waals surface area contributed by atoms with Gasteiger partial charge in [0.25, 0.3) is 11.8 Å². The van der Waals surface area contributed by atoms with Crippen LogP contribution in [0.3, 0.4) is 0 Å². The number of carboxylic acid groups (broad SMARTS) is 2. The monoisotopic (exact) mass is 600 g/mol. The quantitative estimate of drug-likeness (QED) is 0.177. The summed E-state index contributed by atoms with van der Waals surface area (Å²) >= 11 is 0. The van der Waals surface area contributed by atoms with Gasteiger partial charge in [0.05, 0.1) is 50.9 Å².